The molecule has 3 rings (SSSR count). The molecule has 3 aromatic rings. The van der Waals surface area contributed by atoms with Gasteiger partial charge in [0.2, 0.25) is 0 Å². The van der Waals surface area contributed by atoms with E-state index in [1.165, 1.54) is 36.5 Å². The molecule has 0 atom stereocenters. The summed E-state index contributed by atoms with van der Waals surface area (Å²) in [4.78, 5) is 28.5. The first-order chi connectivity index (χ1) is 12.5. The Bertz CT molecular complexity index is 961. The lowest BCUT2D eigenvalue weighted by Crippen LogP contribution is -2.17. The number of nitrogens with zero attached hydrogens (tertiary/aromatic N) is 1. The molecule has 2 amide bonds. The average molecular weight is 370 g/mol. The number of hydrogen-bond acceptors (Lipinski definition) is 3. The zero-order chi connectivity index (χ0) is 18.5. The van der Waals surface area contributed by atoms with Crippen molar-refractivity contribution in [3.05, 3.63) is 89.0 Å². The molecule has 0 aliphatic rings. The Balaban J connectivity index is 1.75. The quantitative estimate of drug-likeness (QED) is 0.717. The van der Waals surface area contributed by atoms with Crippen LogP contribution in [0.3, 0.4) is 0 Å². The van der Waals surface area contributed by atoms with E-state index in [-0.39, 0.29) is 16.9 Å². The van der Waals surface area contributed by atoms with Gasteiger partial charge in [0.15, 0.2) is 0 Å². The van der Waals surface area contributed by atoms with Gasteiger partial charge in [-0.05, 0) is 48.5 Å². The minimum Gasteiger partial charge on any atom is -0.322 e. The molecule has 0 radical (unpaired) electrons. The van der Waals surface area contributed by atoms with Crippen LogP contribution in [-0.4, -0.2) is 16.8 Å². The second-order valence-electron chi connectivity index (χ2n) is 5.32. The SMILES string of the molecule is O=C(Nc1ccc(Cl)cc1)c1ccnc(C(=O)Nc2ccccc2F)c1. The monoisotopic (exact) mass is 369 g/mol. The fraction of sp³-hybridized carbons (Fsp3) is 0. The van der Waals surface area contributed by atoms with Crippen LogP contribution in [-0.2, 0) is 0 Å². The Hall–Kier alpha value is -3.25. The van der Waals surface area contributed by atoms with Gasteiger partial charge in [0.05, 0.1) is 5.69 Å². The van der Waals surface area contributed by atoms with Gasteiger partial charge < -0.3 is 10.6 Å². The summed E-state index contributed by atoms with van der Waals surface area (Å²) < 4.78 is 13.6. The van der Waals surface area contributed by atoms with E-state index in [9.17, 15) is 14.0 Å². The first-order valence-corrected chi connectivity index (χ1v) is 7.99. The molecule has 0 saturated heterocycles. The third kappa shape index (κ3) is 4.23. The second kappa shape index (κ2) is 7.76. The van der Waals surface area contributed by atoms with Crippen LogP contribution in [0.5, 0.6) is 0 Å². The lowest BCUT2D eigenvalue weighted by Gasteiger charge is -2.08. The minimum absolute atomic E-state index is 0.00277. The fourth-order valence-corrected chi connectivity index (χ4v) is 2.31. The van der Waals surface area contributed by atoms with Crippen LogP contribution < -0.4 is 10.6 Å². The highest BCUT2D eigenvalue weighted by Crippen LogP contribution is 2.16. The van der Waals surface area contributed by atoms with Crippen molar-refractivity contribution in [2.24, 2.45) is 0 Å². The molecule has 7 heteroatoms. The van der Waals surface area contributed by atoms with E-state index in [2.05, 4.69) is 15.6 Å². The molecule has 2 N–H and O–H groups in total. The fourth-order valence-electron chi connectivity index (χ4n) is 2.18. The highest BCUT2D eigenvalue weighted by atomic mass is 35.5. The molecular weight excluding hydrogens is 357 g/mol. The number of rotatable bonds is 4. The largest absolute Gasteiger partial charge is 0.322 e. The van der Waals surface area contributed by atoms with Crippen LogP contribution in [0.4, 0.5) is 15.8 Å². The van der Waals surface area contributed by atoms with Crippen molar-refractivity contribution in [1.29, 1.82) is 0 Å². The van der Waals surface area contributed by atoms with E-state index in [1.54, 1.807) is 30.3 Å². The van der Waals surface area contributed by atoms with Crippen molar-refractivity contribution < 1.29 is 14.0 Å². The number of amides is 2. The van der Waals surface area contributed by atoms with Gasteiger partial charge in [0.25, 0.3) is 11.8 Å². The van der Waals surface area contributed by atoms with Gasteiger partial charge in [-0.25, -0.2) is 4.39 Å². The molecule has 0 saturated carbocycles. The summed E-state index contributed by atoms with van der Waals surface area (Å²) in [5.74, 6) is -1.58. The zero-order valence-electron chi connectivity index (χ0n) is 13.4. The molecule has 0 fully saturated rings. The number of halogens is 2. The highest BCUT2D eigenvalue weighted by Gasteiger charge is 2.13. The minimum atomic E-state index is -0.615. The number of carbonyl (C=O) groups is 2. The van der Waals surface area contributed by atoms with Crippen LogP contribution in [0.15, 0.2) is 66.9 Å². The Morgan fingerprint density at radius 1 is 0.923 bits per heavy atom. The first-order valence-electron chi connectivity index (χ1n) is 7.62. The number of nitrogens with one attached hydrogen (secondary N) is 2. The predicted molar refractivity (Wildman–Crippen MR) is 98.0 cm³/mol. The van der Waals surface area contributed by atoms with Gasteiger partial charge in [0, 0.05) is 22.5 Å². The molecule has 5 nitrogen and oxygen atoms in total. The normalized spacial score (nSPS) is 10.2. The number of anilines is 2. The molecule has 0 aliphatic heterocycles. The van der Waals surface area contributed by atoms with Crippen molar-refractivity contribution in [2.45, 2.75) is 0 Å². The van der Waals surface area contributed by atoms with Crippen molar-refractivity contribution in [3.63, 3.8) is 0 Å². The van der Waals surface area contributed by atoms with Crippen molar-refractivity contribution >= 4 is 34.8 Å². The third-order valence-corrected chi connectivity index (χ3v) is 3.73. The zero-order valence-corrected chi connectivity index (χ0v) is 14.1. The predicted octanol–water partition coefficient (Wildman–Crippen LogP) is 4.38. The van der Waals surface area contributed by atoms with Crippen molar-refractivity contribution in [3.8, 4) is 0 Å². The molecule has 0 bridgehead atoms. The summed E-state index contributed by atoms with van der Waals surface area (Å²) in [7, 11) is 0. The molecule has 1 heterocycles. The van der Waals surface area contributed by atoms with Gasteiger partial charge in [-0.1, -0.05) is 23.7 Å². The van der Waals surface area contributed by atoms with Crippen LogP contribution in [0, 0.1) is 5.82 Å². The van der Waals surface area contributed by atoms with Gasteiger partial charge in [-0.15, -0.1) is 0 Å². The Morgan fingerprint density at radius 3 is 2.38 bits per heavy atom. The van der Waals surface area contributed by atoms with E-state index in [0.717, 1.165) is 0 Å². The lowest BCUT2D eigenvalue weighted by atomic mass is 10.2. The Kier molecular flexibility index (Phi) is 5.24. The molecule has 0 unspecified atom stereocenters. The van der Waals surface area contributed by atoms with E-state index in [4.69, 9.17) is 11.6 Å². The Morgan fingerprint density at radius 2 is 1.65 bits per heavy atom. The standard InChI is InChI=1S/C19H13ClFN3O2/c20-13-5-7-14(8-6-13)23-18(25)12-9-10-22-17(11-12)19(26)24-16-4-2-1-3-15(16)21/h1-11H,(H,23,25)(H,24,26). The average Bonchev–Trinajstić information content (AvgIpc) is 2.65. The smallest absolute Gasteiger partial charge is 0.274 e. The van der Waals surface area contributed by atoms with Crippen molar-refractivity contribution in [2.75, 3.05) is 10.6 Å². The second-order valence-corrected chi connectivity index (χ2v) is 5.76. The van der Waals surface area contributed by atoms with Crippen molar-refractivity contribution in [1.82, 2.24) is 4.98 Å². The van der Waals surface area contributed by atoms with Gasteiger partial charge in [0.1, 0.15) is 11.5 Å². The maximum Gasteiger partial charge on any atom is 0.274 e. The van der Waals surface area contributed by atoms with E-state index >= 15 is 0 Å². The van der Waals surface area contributed by atoms with E-state index in [0.29, 0.717) is 10.7 Å². The summed E-state index contributed by atoms with van der Waals surface area (Å²) in [5.41, 5.74) is 0.842. The number of aromatic nitrogens is 1. The molecule has 26 heavy (non-hydrogen) atoms. The Labute approximate surface area is 153 Å². The molecule has 130 valence electrons. The maximum absolute atomic E-state index is 13.6. The van der Waals surface area contributed by atoms with Crippen LogP contribution in [0.25, 0.3) is 0 Å². The first kappa shape index (κ1) is 17.6. The van der Waals surface area contributed by atoms with Gasteiger partial charge in [-0.2, -0.15) is 0 Å². The third-order valence-electron chi connectivity index (χ3n) is 3.48. The van der Waals surface area contributed by atoms with Gasteiger partial charge in [-0.3, -0.25) is 14.6 Å². The summed E-state index contributed by atoms with van der Waals surface area (Å²) in [6.07, 6.45) is 1.34. The number of pyridine rings is 1. The topological polar surface area (TPSA) is 71.1 Å². The number of hydrogen-bond donors (Lipinski definition) is 2. The molecular formula is C19H13ClFN3O2. The molecule has 1 aromatic heterocycles. The number of benzene rings is 2. The molecule has 2 aromatic carbocycles. The summed E-state index contributed by atoms with van der Waals surface area (Å²) >= 11 is 5.81. The number of para-hydroxylation sites is 1. The van der Waals surface area contributed by atoms with Crippen LogP contribution in [0.1, 0.15) is 20.8 Å². The van der Waals surface area contributed by atoms with E-state index in [1.807, 2.05) is 0 Å². The van der Waals surface area contributed by atoms with Gasteiger partial charge >= 0.3 is 0 Å². The van der Waals surface area contributed by atoms with Crippen LogP contribution >= 0.6 is 11.6 Å². The molecule has 0 spiro atoms. The summed E-state index contributed by atoms with van der Waals surface area (Å²) in [6.45, 7) is 0. The lowest BCUT2D eigenvalue weighted by molar-refractivity contribution is 0.102. The number of carbonyl (C=O) groups excluding carboxylic acids is 2. The summed E-state index contributed by atoms with van der Waals surface area (Å²) in [6, 6.07) is 15.2. The van der Waals surface area contributed by atoms with Crippen LogP contribution in [0.2, 0.25) is 5.02 Å². The maximum atomic E-state index is 13.6. The highest BCUT2D eigenvalue weighted by molar-refractivity contribution is 6.30. The molecule has 0 aliphatic carbocycles. The van der Waals surface area contributed by atoms with E-state index < -0.39 is 17.6 Å². The summed E-state index contributed by atoms with van der Waals surface area (Å²) in [5, 5.41) is 5.67.